The highest BCUT2D eigenvalue weighted by Gasteiger charge is 2.23. The van der Waals surface area contributed by atoms with Gasteiger partial charge in [0.2, 0.25) is 5.78 Å². The van der Waals surface area contributed by atoms with Gasteiger partial charge in [-0.25, -0.2) is 9.59 Å². The maximum absolute atomic E-state index is 12.4. The molecule has 0 saturated heterocycles. The first-order valence-corrected chi connectivity index (χ1v) is 8.91. The standard InChI is InChI=1S/C20H25N3O5/c1-7-27-20(26)18-11(2)19(21-13(18)4)16(24)10-28-17(25)9-8-15-12(3)22-23(6)14(15)5/h8-9,21H,7,10H2,1-6H3/b9-8+. The predicted octanol–water partition coefficient (Wildman–Crippen LogP) is 2.60. The molecule has 28 heavy (non-hydrogen) atoms. The van der Waals surface area contributed by atoms with Crippen LogP contribution in [0.4, 0.5) is 0 Å². The summed E-state index contributed by atoms with van der Waals surface area (Å²) in [7, 11) is 1.82. The van der Waals surface area contributed by atoms with E-state index in [4.69, 9.17) is 9.47 Å². The molecule has 0 aliphatic carbocycles. The third kappa shape index (κ3) is 4.39. The predicted molar refractivity (Wildman–Crippen MR) is 103 cm³/mol. The average molecular weight is 387 g/mol. The summed E-state index contributed by atoms with van der Waals surface area (Å²) in [6.07, 6.45) is 2.88. The Bertz CT molecular complexity index is 950. The SMILES string of the molecule is CCOC(=O)c1c(C)[nH]c(C(=O)COC(=O)/C=C/c2c(C)nn(C)c2C)c1C. The van der Waals surface area contributed by atoms with Gasteiger partial charge >= 0.3 is 11.9 Å². The van der Waals surface area contributed by atoms with E-state index in [1.54, 1.807) is 31.5 Å². The van der Waals surface area contributed by atoms with Crippen molar-refractivity contribution in [2.75, 3.05) is 13.2 Å². The lowest BCUT2D eigenvalue weighted by Crippen LogP contribution is -2.14. The van der Waals surface area contributed by atoms with Gasteiger partial charge in [-0.15, -0.1) is 0 Å². The molecule has 0 aromatic carbocycles. The van der Waals surface area contributed by atoms with Crippen molar-refractivity contribution in [3.63, 3.8) is 0 Å². The van der Waals surface area contributed by atoms with E-state index in [-0.39, 0.29) is 12.3 Å². The molecule has 0 aliphatic heterocycles. The highest BCUT2D eigenvalue weighted by molar-refractivity contribution is 6.03. The number of hydrogen-bond donors (Lipinski definition) is 1. The van der Waals surface area contributed by atoms with E-state index in [9.17, 15) is 14.4 Å². The molecule has 0 amide bonds. The largest absolute Gasteiger partial charge is 0.462 e. The van der Waals surface area contributed by atoms with Gasteiger partial charge in [-0.05, 0) is 46.3 Å². The van der Waals surface area contributed by atoms with Gasteiger partial charge in [0, 0.05) is 30.1 Å². The van der Waals surface area contributed by atoms with Gasteiger partial charge < -0.3 is 14.5 Å². The quantitative estimate of drug-likeness (QED) is 0.445. The molecule has 1 N–H and O–H groups in total. The summed E-state index contributed by atoms with van der Waals surface area (Å²) >= 11 is 0. The number of aryl methyl sites for hydroxylation is 3. The number of nitrogens with one attached hydrogen (secondary N) is 1. The molecule has 0 unspecified atom stereocenters. The molecule has 8 nitrogen and oxygen atoms in total. The Labute approximate surface area is 163 Å². The van der Waals surface area contributed by atoms with Crippen LogP contribution in [0.2, 0.25) is 0 Å². The number of rotatable bonds is 7. The zero-order chi connectivity index (χ0) is 21.0. The normalized spacial score (nSPS) is 11.1. The van der Waals surface area contributed by atoms with Crippen molar-refractivity contribution in [2.45, 2.75) is 34.6 Å². The molecule has 2 rings (SSSR count). The summed E-state index contributed by atoms with van der Waals surface area (Å²) in [4.78, 5) is 39.3. The minimum Gasteiger partial charge on any atom is -0.462 e. The Hall–Kier alpha value is -3.16. The highest BCUT2D eigenvalue weighted by Crippen LogP contribution is 2.20. The lowest BCUT2D eigenvalue weighted by atomic mass is 10.1. The van der Waals surface area contributed by atoms with Crippen LogP contribution in [0.5, 0.6) is 0 Å². The zero-order valence-corrected chi connectivity index (χ0v) is 17.0. The number of carbonyl (C=O) groups excluding carboxylic acids is 3. The Morgan fingerprint density at radius 3 is 2.39 bits per heavy atom. The van der Waals surface area contributed by atoms with Crippen LogP contribution in [-0.2, 0) is 21.3 Å². The molecule has 2 heterocycles. The lowest BCUT2D eigenvalue weighted by Gasteiger charge is -2.03. The van der Waals surface area contributed by atoms with Crippen molar-refractivity contribution < 1.29 is 23.9 Å². The van der Waals surface area contributed by atoms with Gasteiger partial charge in [0.1, 0.15) is 0 Å². The van der Waals surface area contributed by atoms with Gasteiger partial charge in [0.05, 0.1) is 23.6 Å². The van der Waals surface area contributed by atoms with Crippen LogP contribution in [0.3, 0.4) is 0 Å². The Balaban J connectivity index is 2.04. The number of esters is 2. The first-order chi connectivity index (χ1) is 13.2. The molecule has 0 radical (unpaired) electrons. The van der Waals surface area contributed by atoms with E-state index in [0.29, 0.717) is 16.8 Å². The number of hydrogen-bond acceptors (Lipinski definition) is 6. The number of Topliss-reactive ketones (excluding diaryl/α,β-unsaturated/α-hetero) is 1. The molecular formula is C20H25N3O5. The monoisotopic (exact) mass is 387 g/mol. The van der Waals surface area contributed by atoms with Crippen LogP contribution in [0.25, 0.3) is 6.08 Å². The maximum Gasteiger partial charge on any atom is 0.340 e. The minimum absolute atomic E-state index is 0.233. The Kier molecular flexibility index (Phi) is 6.56. The molecule has 2 aromatic rings. The third-order valence-electron chi connectivity index (χ3n) is 4.49. The van der Waals surface area contributed by atoms with E-state index < -0.39 is 24.3 Å². The van der Waals surface area contributed by atoms with Crippen LogP contribution in [0, 0.1) is 27.7 Å². The summed E-state index contributed by atoms with van der Waals surface area (Å²) in [5.41, 5.74) is 4.13. The molecule has 2 aromatic heterocycles. The second-order valence-corrected chi connectivity index (χ2v) is 6.42. The van der Waals surface area contributed by atoms with Crippen LogP contribution >= 0.6 is 0 Å². The zero-order valence-electron chi connectivity index (χ0n) is 17.0. The first kappa shape index (κ1) is 21.1. The number of carbonyl (C=O) groups is 3. The Morgan fingerprint density at radius 1 is 1.14 bits per heavy atom. The van der Waals surface area contributed by atoms with Crippen LogP contribution in [0.1, 0.15) is 56.0 Å². The number of ketones is 1. The first-order valence-electron chi connectivity index (χ1n) is 8.91. The van der Waals surface area contributed by atoms with Gasteiger partial charge in [-0.3, -0.25) is 9.48 Å². The molecule has 0 saturated carbocycles. The fourth-order valence-electron chi connectivity index (χ4n) is 2.98. The van der Waals surface area contributed by atoms with Crippen LogP contribution < -0.4 is 0 Å². The van der Waals surface area contributed by atoms with Crippen molar-refractivity contribution in [1.29, 1.82) is 0 Å². The molecule has 8 heteroatoms. The van der Waals surface area contributed by atoms with E-state index in [1.165, 1.54) is 6.08 Å². The van der Waals surface area contributed by atoms with E-state index >= 15 is 0 Å². The number of aromatic amines is 1. The summed E-state index contributed by atoms with van der Waals surface area (Å²) < 4.78 is 11.8. The molecule has 0 fully saturated rings. The maximum atomic E-state index is 12.4. The second-order valence-electron chi connectivity index (χ2n) is 6.42. The smallest absolute Gasteiger partial charge is 0.340 e. The summed E-state index contributed by atoms with van der Waals surface area (Å²) in [5.74, 6) is -1.55. The molecule has 0 aliphatic rings. The highest BCUT2D eigenvalue weighted by atomic mass is 16.5. The van der Waals surface area contributed by atoms with Crippen molar-refractivity contribution in [3.05, 3.63) is 45.5 Å². The molecule has 0 bridgehead atoms. The van der Waals surface area contributed by atoms with Gasteiger partial charge in [0.15, 0.2) is 6.61 Å². The Morgan fingerprint density at radius 2 is 1.82 bits per heavy atom. The summed E-state index contributed by atoms with van der Waals surface area (Å²) in [5, 5.41) is 4.27. The van der Waals surface area contributed by atoms with Gasteiger partial charge in [0.25, 0.3) is 0 Å². The fraction of sp³-hybridized carbons (Fsp3) is 0.400. The summed E-state index contributed by atoms with van der Waals surface area (Å²) in [6.45, 7) is 8.60. The van der Waals surface area contributed by atoms with Crippen LogP contribution in [0.15, 0.2) is 6.08 Å². The molecule has 150 valence electrons. The van der Waals surface area contributed by atoms with Gasteiger partial charge in [-0.1, -0.05) is 0 Å². The van der Waals surface area contributed by atoms with Gasteiger partial charge in [-0.2, -0.15) is 5.10 Å². The number of aromatic nitrogens is 3. The lowest BCUT2D eigenvalue weighted by molar-refractivity contribution is -0.136. The molecule has 0 spiro atoms. The topological polar surface area (TPSA) is 103 Å². The third-order valence-corrected chi connectivity index (χ3v) is 4.49. The molecule has 0 atom stereocenters. The van der Waals surface area contributed by atoms with E-state index in [2.05, 4.69) is 10.1 Å². The van der Waals surface area contributed by atoms with Crippen LogP contribution in [-0.4, -0.2) is 45.7 Å². The average Bonchev–Trinajstić information content (AvgIpc) is 3.06. The van der Waals surface area contributed by atoms with E-state index in [0.717, 1.165) is 17.0 Å². The molecular weight excluding hydrogens is 362 g/mol. The van der Waals surface area contributed by atoms with Crippen molar-refractivity contribution in [3.8, 4) is 0 Å². The van der Waals surface area contributed by atoms with Crippen molar-refractivity contribution in [2.24, 2.45) is 7.05 Å². The van der Waals surface area contributed by atoms with Crippen molar-refractivity contribution in [1.82, 2.24) is 14.8 Å². The van der Waals surface area contributed by atoms with E-state index in [1.807, 2.05) is 20.9 Å². The summed E-state index contributed by atoms with van der Waals surface area (Å²) in [6, 6.07) is 0. The van der Waals surface area contributed by atoms with Crippen molar-refractivity contribution >= 4 is 23.8 Å². The minimum atomic E-state index is -0.637. The fourth-order valence-corrected chi connectivity index (χ4v) is 2.98. The number of H-pyrrole nitrogens is 1. The number of ether oxygens (including phenoxy) is 2. The second kappa shape index (κ2) is 8.69. The number of nitrogens with zero attached hydrogens (tertiary/aromatic N) is 2.